The summed E-state index contributed by atoms with van der Waals surface area (Å²) in [7, 11) is -2.49. The summed E-state index contributed by atoms with van der Waals surface area (Å²) in [6, 6.07) is 22.9. The van der Waals surface area contributed by atoms with Gasteiger partial charge in [0.1, 0.15) is 11.5 Å². The fourth-order valence-corrected chi connectivity index (χ4v) is 8.19. The van der Waals surface area contributed by atoms with Gasteiger partial charge in [-0.25, -0.2) is 18.1 Å². The smallest absolute Gasteiger partial charge is 0.274 e. The van der Waals surface area contributed by atoms with Crippen molar-refractivity contribution in [3.8, 4) is 11.4 Å². The molecule has 270 valence electrons. The van der Waals surface area contributed by atoms with Gasteiger partial charge in [0.05, 0.1) is 10.5 Å². The van der Waals surface area contributed by atoms with E-state index in [1.54, 1.807) is 40.9 Å². The molecule has 0 aliphatic carbocycles. The summed E-state index contributed by atoms with van der Waals surface area (Å²) in [5, 5.41) is 1.63. The highest BCUT2D eigenvalue weighted by Gasteiger charge is 2.29. The van der Waals surface area contributed by atoms with Gasteiger partial charge in [-0.2, -0.15) is 0 Å². The number of fused-ring (bicyclic) bond motifs is 2. The van der Waals surface area contributed by atoms with Gasteiger partial charge in [-0.1, -0.05) is 69.2 Å². The summed E-state index contributed by atoms with van der Waals surface area (Å²) in [6.07, 6.45) is 6.02. The predicted octanol–water partition coefficient (Wildman–Crippen LogP) is 7.20. The lowest BCUT2D eigenvalue weighted by molar-refractivity contribution is 0.0732. The van der Waals surface area contributed by atoms with Crippen molar-refractivity contribution in [2.24, 2.45) is 7.05 Å². The van der Waals surface area contributed by atoms with Crippen LogP contribution in [0.5, 0.6) is 0 Å². The minimum atomic E-state index is -4.26. The Morgan fingerprint density at radius 3 is 2.37 bits per heavy atom. The number of aryl methyl sites for hydroxylation is 1. The standard InChI is InChI=1S/C40H42IN5O5S/c1-4-6-20-45(21-7-5-2)40(49)36-26-44(3)37(42-36)32-18-16-29(23-34(32)39(48)46-22-19-27-11-8-9-12-30(27)25-46)38(47)43-52(50,51)31-17-15-28-13-10-14-35(41)33(28)24-31/h8-18,23-24,26H,4-7,19-22,25H2,1-3H3,(H,43,47). The van der Waals surface area contributed by atoms with Crippen molar-refractivity contribution < 1.29 is 22.8 Å². The largest absolute Gasteiger partial charge is 0.337 e. The molecule has 0 bridgehead atoms. The van der Waals surface area contributed by atoms with Crippen molar-refractivity contribution in [2.45, 2.75) is 57.4 Å². The number of unbranched alkanes of at least 4 members (excludes halogenated alkanes) is 2. The van der Waals surface area contributed by atoms with Crippen LogP contribution >= 0.6 is 22.6 Å². The summed E-state index contributed by atoms with van der Waals surface area (Å²) in [6.45, 7) is 6.29. The van der Waals surface area contributed by atoms with Crippen LogP contribution in [0.3, 0.4) is 0 Å². The molecular weight excluding hydrogens is 789 g/mol. The number of benzene rings is 4. The molecule has 0 atom stereocenters. The molecular formula is C40H42IN5O5S. The minimum absolute atomic E-state index is 0.000676. The van der Waals surface area contributed by atoms with E-state index in [-0.39, 0.29) is 33.5 Å². The molecule has 6 rings (SSSR count). The van der Waals surface area contributed by atoms with Crippen LogP contribution in [0, 0.1) is 3.57 Å². The van der Waals surface area contributed by atoms with Gasteiger partial charge in [-0.3, -0.25) is 14.4 Å². The predicted molar refractivity (Wildman–Crippen MR) is 211 cm³/mol. The third kappa shape index (κ3) is 7.92. The zero-order valence-electron chi connectivity index (χ0n) is 29.6. The van der Waals surface area contributed by atoms with Gasteiger partial charge in [0.2, 0.25) is 0 Å². The van der Waals surface area contributed by atoms with Crippen LogP contribution in [0.4, 0.5) is 0 Å². The summed E-state index contributed by atoms with van der Waals surface area (Å²) >= 11 is 2.15. The normalized spacial score (nSPS) is 12.8. The van der Waals surface area contributed by atoms with E-state index in [0.29, 0.717) is 44.0 Å². The molecule has 12 heteroatoms. The Labute approximate surface area is 318 Å². The van der Waals surface area contributed by atoms with Crippen LogP contribution in [0.15, 0.2) is 90.0 Å². The Morgan fingerprint density at radius 1 is 0.904 bits per heavy atom. The van der Waals surface area contributed by atoms with E-state index in [0.717, 1.165) is 45.6 Å². The van der Waals surface area contributed by atoms with E-state index in [1.165, 1.54) is 23.8 Å². The number of halogens is 1. The quantitative estimate of drug-likeness (QED) is 0.133. The van der Waals surface area contributed by atoms with Crippen LogP contribution in [-0.4, -0.2) is 65.1 Å². The molecule has 52 heavy (non-hydrogen) atoms. The maximum absolute atomic E-state index is 14.4. The lowest BCUT2D eigenvalue weighted by atomic mass is 9.97. The molecule has 4 aromatic carbocycles. The highest BCUT2D eigenvalue weighted by Crippen LogP contribution is 2.29. The lowest BCUT2D eigenvalue weighted by Crippen LogP contribution is -2.36. The molecule has 0 spiro atoms. The molecule has 0 unspecified atom stereocenters. The third-order valence-corrected chi connectivity index (χ3v) is 11.7. The number of aromatic nitrogens is 2. The molecule has 10 nitrogen and oxygen atoms in total. The van der Waals surface area contributed by atoms with E-state index in [4.69, 9.17) is 4.98 Å². The fourth-order valence-electron chi connectivity index (χ4n) is 6.51. The van der Waals surface area contributed by atoms with E-state index < -0.39 is 15.9 Å². The second kappa shape index (κ2) is 16.0. The van der Waals surface area contributed by atoms with E-state index in [9.17, 15) is 22.8 Å². The van der Waals surface area contributed by atoms with Gasteiger partial charge in [-0.15, -0.1) is 0 Å². The molecule has 0 saturated carbocycles. The van der Waals surface area contributed by atoms with Crippen molar-refractivity contribution in [1.29, 1.82) is 0 Å². The molecule has 1 aliphatic heterocycles. The monoisotopic (exact) mass is 831 g/mol. The average molecular weight is 832 g/mol. The second-order valence-corrected chi connectivity index (χ2v) is 16.0. The number of nitrogens with one attached hydrogen (secondary N) is 1. The van der Waals surface area contributed by atoms with Crippen molar-refractivity contribution in [2.75, 3.05) is 19.6 Å². The number of carbonyl (C=O) groups excluding carboxylic acids is 3. The van der Waals surface area contributed by atoms with Crippen molar-refractivity contribution in [1.82, 2.24) is 24.1 Å². The van der Waals surface area contributed by atoms with Crippen molar-refractivity contribution >= 4 is 61.1 Å². The van der Waals surface area contributed by atoms with Crippen LogP contribution in [0.25, 0.3) is 22.2 Å². The maximum atomic E-state index is 14.4. The van der Waals surface area contributed by atoms with Crippen LogP contribution in [0.1, 0.15) is 81.9 Å². The summed E-state index contributed by atoms with van der Waals surface area (Å²) in [4.78, 5) is 50.0. The highest BCUT2D eigenvalue weighted by molar-refractivity contribution is 14.1. The molecule has 0 fully saturated rings. The number of carbonyl (C=O) groups is 3. The molecule has 1 N–H and O–H groups in total. The highest BCUT2D eigenvalue weighted by atomic mass is 127. The molecule has 0 saturated heterocycles. The molecule has 3 amide bonds. The number of nitrogens with zero attached hydrogens (tertiary/aromatic N) is 4. The molecule has 1 aliphatic rings. The number of imidazole rings is 1. The molecule has 2 heterocycles. The maximum Gasteiger partial charge on any atom is 0.274 e. The summed E-state index contributed by atoms with van der Waals surface area (Å²) < 4.78 is 31.8. The lowest BCUT2D eigenvalue weighted by Gasteiger charge is -2.29. The Balaban J connectivity index is 1.36. The Bertz CT molecular complexity index is 2260. The topological polar surface area (TPSA) is 122 Å². The first kappa shape index (κ1) is 37.2. The van der Waals surface area contributed by atoms with Gasteiger partial charge in [0, 0.05) is 54.1 Å². The van der Waals surface area contributed by atoms with Gasteiger partial charge < -0.3 is 14.4 Å². The van der Waals surface area contributed by atoms with E-state index in [1.807, 2.05) is 41.3 Å². The van der Waals surface area contributed by atoms with Crippen molar-refractivity contribution in [3.63, 3.8) is 0 Å². The van der Waals surface area contributed by atoms with E-state index >= 15 is 0 Å². The van der Waals surface area contributed by atoms with Crippen LogP contribution < -0.4 is 4.72 Å². The molecule has 5 aromatic rings. The Kier molecular flexibility index (Phi) is 11.4. The first-order valence-corrected chi connectivity index (χ1v) is 20.2. The van der Waals surface area contributed by atoms with Gasteiger partial charge in [0.25, 0.3) is 27.7 Å². The number of amides is 3. The van der Waals surface area contributed by atoms with Crippen molar-refractivity contribution in [3.05, 3.63) is 117 Å². The first-order valence-electron chi connectivity index (χ1n) is 17.6. The average Bonchev–Trinajstić information content (AvgIpc) is 3.54. The molecule has 0 radical (unpaired) electrons. The third-order valence-electron chi connectivity index (χ3n) is 9.45. The van der Waals surface area contributed by atoms with Gasteiger partial charge >= 0.3 is 0 Å². The first-order chi connectivity index (χ1) is 25.0. The molecule has 1 aromatic heterocycles. The SMILES string of the molecule is CCCCN(CCCC)C(=O)c1cn(C)c(-c2ccc(C(=O)NS(=O)(=O)c3ccc4cccc(I)c4c3)cc2C(=O)N2CCc3ccccc3C2)n1. The Hall–Kier alpha value is -4.56. The fraction of sp³-hybridized carbons (Fsp3) is 0.300. The Morgan fingerprint density at radius 2 is 1.63 bits per heavy atom. The van der Waals surface area contributed by atoms with Crippen LogP contribution in [-0.2, 0) is 30.0 Å². The zero-order chi connectivity index (χ0) is 37.0. The summed E-state index contributed by atoms with van der Waals surface area (Å²) in [5.74, 6) is -0.977. The number of hydrogen-bond donors (Lipinski definition) is 1. The van der Waals surface area contributed by atoms with Gasteiger partial charge in [0.15, 0.2) is 0 Å². The number of hydrogen-bond acceptors (Lipinski definition) is 6. The minimum Gasteiger partial charge on any atom is -0.337 e. The van der Waals surface area contributed by atoms with Gasteiger partial charge in [-0.05, 0) is 100 Å². The number of rotatable bonds is 12. The second-order valence-electron chi connectivity index (χ2n) is 13.1. The number of sulfonamides is 1. The van der Waals surface area contributed by atoms with E-state index in [2.05, 4.69) is 47.2 Å². The zero-order valence-corrected chi connectivity index (χ0v) is 32.5. The summed E-state index contributed by atoms with van der Waals surface area (Å²) in [5.41, 5.74) is 3.11. The van der Waals surface area contributed by atoms with Crippen LogP contribution in [0.2, 0.25) is 0 Å².